The van der Waals surface area contributed by atoms with E-state index in [9.17, 15) is 4.79 Å². The van der Waals surface area contributed by atoms with E-state index in [1.807, 2.05) is 0 Å². The molecule has 0 radical (unpaired) electrons. The summed E-state index contributed by atoms with van der Waals surface area (Å²) in [5, 5.41) is 6.29. The van der Waals surface area contributed by atoms with Crippen molar-refractivity contribution in [3.63, 3.8) is 0 Å². The lowest BCUT2D eigenvalue weighted by molar-refractivity contribution is -0.120. The van der Waals surface area contributed by atoms with Crippen LogP contribution >= 0.6 is 0 Å². The molecule has 0 heterocycles. The number of hydrogen-bond acceptors (Lipinski definition) is 2. The SMILES string of the molecule is CCCC(C)NC(=O)CNC1CC1CC. The fourth-order valence-electron chi connectivity index (χ4n) is 2.00. The highest BCUT2D eigenvalue weighted by Crippen LogP contribution is 2.32. The zero-order valence-electron chi connectivity index (χ0n) is 10.2. The molecule has 0 saturated heterocycles. The van der Waals surface area contributed by atoms with Crippen LogP contribution < -0.4 is 10.6 Å². The van der Waals surface area contributed by atoms with E-state index in [1.165, 1.54) is 12.8 Å². The number of carbonyl (C=O) groups is 1. The first-order valence-electron chi connectivity index (χ1n) is 6.20. The minimum Gasteiger partial charge on any atom is -0.353 e. The van der Waals surface area contributed by atoms with Crippen LogP contribution in [-0.2, 0) is 4.79 Å². The highest BCUT2D eigenvalue weighted by molar-refractivity contribution is 5.78. The third-order valence-electron chi connectivity index (χ3n) is 3.10. The third kappa shape index (κ3) is 4.65. The van der Waals surface area contributed by atoms with Gasteiger partial charge in [-0.2, -0.15) is 0 Å². The number of hydrogen-bond donors (Lipinski definition) is 2. The molecule has 3 nitrogen and oxygen atoms in total. The number of carbonyl (C=O) groups excluding carboxylic acids is 1. The molecule has 3 atom stereocenters. The van der Waals surface area contributed by atoms with Crippen molar-refractivity contribution in [3.05, 3.63) is 0 Å². The van der Waals surface area contributed by atoms with E-state index in [-0.39, 0.29) is 5.91 Å². The number of amides is 1. The zero-order valence-corrected chi connectivity index (χ0v) is 10.2. The van der Waals surface area contributed by atoms with Crippen LogP contribution in [0.1, 0.15) is 46.5 Å². The van der Waals surface area contributed by atoms with Crippen LogP contribution in [0, 0.1) is 5.92 Å². The van der Waals surface area contributed by atoms with Crippen LogP contribution in [0.15, 0.2) is 0 Å². The van der Waals surface area contributed by atoms with Gasteiger partial charge in [-0.15, -0.1) is 0 Å². The summed E-state index contributed by atoms with van der Waals surface area (Å²) in [6.07, 6.45) is 4.65. The van der Waals surface area contributed by atoms with Crippen molar-refractivity contribution in [2.24, 2.45) is 5.92 Å². The summed E-state index contributed by atoms with van der Waals surface area (Å²) in [6, 6.07) is 0.910. The first-order valence-corrected chi connectivity index (χ1v) is 6.20. The van der Waals surface area contributed by atoms with Crippen molar-refractivity contribution in [1.82, 2.24) is 10.6 Å². The molecule has 1 aliphatic carbocycles. The van der Waals surface area contributed by atoms with Gasteiger partial charge < -0.3 is 10.6 Å². The summed E-state index contributed by atoms with van der Waals surface area (Å²) < 4.78 is 0. The van der Waals surface area contributed by atoms with Gasteiger partial charge in [0.15, 0.2) is 0 Å². The van der Waals surface area contributed by atoms with Crippen molar-refractivity contribution in [1.29, 1.82) is 0 Å². The Morgan fingerprint density at radius 3 is 2.73 bits per heavy atom. The lowest BCUT2D eigenvalue weighted by atomic mass is 10.2. The Morgan fingerprint density at radius 2 is 2.20 bits per heavy atom. The minimum atomic E-state index is 0.137. The molecule has 0 aromatic heterocycles. The predicted molar refractivity (Wildman–Crippen MR) is 62.7 cm³/mol. The third-order valence-corrected chi connectivity index (χ3v) is 3.10. The molecule has 2 N–H and O–H groups in total. The van der Waals surface area contributed by atoms with E-state index < -0.39 is 0 Å². The highest BCUT2D eigenvalue weighted by Gasteiger charge is 2.34. The molecular weight excluding hydrogens is 188 g/mol. The lowest BCUT2D eigenvalue weighted by Gasteiger charge is -2.12. The van der Waals surface area contributed by atoms with Gasteiger partial charge in [0, 0.05) is 12.1 Å². The van der Waals surface area contributed by atoms with Crippen molar-refractivity contribution in [2.75, 3.05) is 6.54 Å². The van der Waals surface area contributed by atoms with Crippen LogP contribution in [0.4, 0.5) is 0 Å². The molecule has 1 rings (SSSR count). The maximum absolute atomic E-state index is 11.5. The highest BCUT2D eigenvalue weighted by atomic mass is 16.1. The molecule has 0 aromatic rings. The van der Waals surface area contributed by atoms with Gasteiger partial charge in [0.2, 0.25) is 5.91 Å². The van der Waals surface area contributed by atoms with E-state index in [4.69, 9.17) is 0 Å². The van der Waals surface area contributed by atoms with Gasteiger partial charge in [-0.05, 0) is 25.7 Å². The second-order valence-corrected chi connectivity index (χ2v) is 4.65. The minimum absolute atomic E-state index is 0.137. The predicted octanol–water partition coefficient (Wildman–Crippen LogP) is 1.68. The van der Waals surface area contributed by atoms with Gasteiger partial charge in [0.1, 0.15) is 0 Å². The molecule has 88 valence electrons. The molecule has 0 bridgehead atoms. The van der Waals surface area contributed by atoms with E-state index in [1.54, 1.807) is 0 Å². The molecule has 1 amide bonds. The number of nitrogens with one attached hydrogen (secondary N) is 2. The molecule has 15 heavy (non-hydrogen) atoms. The van der Waals surface area contributed by atoms with Gasteiger partial charge in [-0.1, -0.05) is 26.7 Å². The van der Waals surface area contributed by atoms with Crippen molar-refractivity contribution in [2.45, 2.75) is 58.5 Å². The van der Waals surface area contributed by atoms with Crippen LogP contribution in [0.5, 0.6) is 0 Å². The Morgan fingerprint density at radius 1 is 1.47 bits per heavy atom. The molecule has 0 spiro atoms. The standard InChI is InChI=1S/C12H24N2O/c1-4-6-9(3)14-12(15)8-13-11-7-10(11)5-2/h9-11,13H,4-8H2,1-3H3,(H,14,15). The molecule has 1 fully saturated rings. The molecule has 0 aromatic carbocycles. The maximum atomic E-state index is 11.5. The second-order valence-electron chi connectivity index (χ2n) is 4.65. The van der Waals surface area contributed by atoms with Gasteiger partial charge >= 0.3 is 0 Å². The zero-order chi connectivity index (χ0) is 11.3. The second kappa shape index (κ2) is 6.11. The molecule has 3 heteroatoms. The van der Waals surface area contributed by atoms with Gasteiger partial charge in [0.25, 0.3) is 0 Å². The first-order chi connectivity index (χ1) is 7.17. The summed E-state index contributed by atoms with van der Waals surface area (Å²) >= 11 is 0. The van der Waals surface area contributed by atoms with E-state index in [0.29, 0.717) is 18.6 Å². The van der Waals surface area contributed by atoms with Gasteiger partial charge in [-0.25, -0.2) is 0 Å². The fourth-order valence-corrected chi connectivity index (χ4v) is 2.00. The molecule has 3 unspecified atom stereocenters. The fraction of sp³-hybridized carbons (Fsp3) is 0.917. The molecule has 0 aliphatic heterocycles. The van der Waals surface area contributed by atoms with E-state index in [2.05, 4.69) is 31.4 Å². The van der Waals surface area contributed by atoms with Crippen molar-refractivity contribution < 1.29 is 4.79 Å². The Labute approximate surface area is 93.0 Å². The van der Waals surface area contributed by atoms with Gasteiger partial charge in [0.05, 0.1) is 6.54 Å². The monoisotopic (exact) mass is 212 g/mol. The summed E-state index contributed by atoms with van der Waals surface area (Å²) in [5.74, 6) is 0.948. The average molecular weight is 212 g/mol. The summed E-state index contributed by atoms with van der Waals surface area (Å²) in [7, 11) is 0. The largest absolute Gasteiger partial charge is 0.353 e. The molecule has 1 aliphatic rings. The van der Waals surface area contributed by atoms with Crippen LogP contribution in [0.25, 0.3) is 0 Å². The Kier molecular flexibility index (Phi) is 5.09. The first kappa shape index (κ1) is 12.5. The topological polar surface area (TPSA) is 41.1 Å². The quantitative estimate of drug-likeness (QED) is 0.674. The molecule has 1 saturated carbocycles. The van der Waals surface area contributed by atoms with Crippen LogP contribution in [0.2, 0.25) is 0 Å². The Hall–Kier alpha value is -0.570. The Balaban J connectivity index is 2.04. The normalized spacial score (nSPS) is 26.1. The lowest BCUT2D eigenvalue weighted by Crippen LogP contribution is -2.39. The van der Waals surface area contributed by atoms with E-state index >= 15 is 0 Å². The number of rotatable bonds is 7. The van der Waals surface area contributed by atoms with E-state index in [0.717, 1.165) is 18.8 Å². The summed E-state index contributed by atoms with van der Waals surface area (Å²) in [6.45, 7) is 6.88. The average Bonchev–Trinajstić information content (AvgIpc) is 2.93. The smallest absolute Gasteiger partial charge is 0.234 e. The Bertz CT molecular complexity index is 206. The molecular formula is C12H24N2O. The van der Waals surface area contributed by atoms with Crippen molar-refractivity contribution >= 4 is 5.91 Å². The maximum Gasteiger partial charge on any atom is 0.234 e. The van der Waals surface area contributed by atoms with Crippen LogP contribution in [-0.4, -0.2) is 24.5 Å². The van der Waals surface area contributed by atoms with Crippen LogP contribution in [0.3, 0.4) is 0 Å². The van der Waals surface area contributed by atoms with Gasteiger partial charge in [-0.3, -0.25) is 4.79 Å². The van der Waals surface area contributed by atoms with Crippen molar-refractivity contribution in [3.8, 4) is 0 Å². The summed E-state index contributed by atoms with van der Waals surface area (Å²) in [5.41, 5.74) is 0. The summed E-state index contributed by atoms with van der Waals surface area (Å²) in [4.78, 5) is 11.5.